The standard InChI is InChI=1S/C14H15Br2N2O.BrH/c1-10-3-2-4-18(9-10)5-6-19-14-12(15)7-11(17)8-13(14)16;/h2-4,7-9H,5-6,17H2,1H3;1H/q+1;/p-1. The Bertz CT molecular complexity index is 567. The number of benzene rings is 1. The van der Waals surface area contributed by atoms with E-state index in [1.54, 1.807) is 0 Å². The summed E-state index contributed by atoms with van der Waals surface area (Å²) in [6.45, 7) is 3.46. The van der Waals surface area contributed by atoms with Gasteiger partial charge in [-0.15, -0.1) is 0 Å². The summed E-state index contributed by atoms with van der Waals surface area (Å²) in [5.74, 6) is 0.780. The van der Waals surface area contributed by atoms with Crippen LogP contribution < -0.4 is 32.0 Å². The van der Waals surface area contributed by atoms with Gasteiger partial charge in [-0.25, -0.2) is 4.57 Å². The molecule has 0 radical (unpaired) electrons. The van der Waals surface area contributed by atoms with Crippen molar-refractivity contribution in [3.8, 4) is 5.75 Å². The normalized spacial score (nSPS) is 9.95. The Morgan fingerprint density at radius 1 is 1.25 bits per heavy atom. The fraction of sp³-hybridized carbons (Fsp3) is 0.214. The smallest absolute Gasteiger partial charge is 0.182 e. The largest absolute Gasteiger partial charge is 1.00 e. The van der Waals surface area contributed by atoms with Gasteiger partial charge in [0.15, 0.2) is 18.9 Å². The summed E-state index contributed by atoms with van der Waals surface area (Å²) in [6, 6.07) is 7.77. The molecule has 0 atom stereocenters. The second-order valence-electron chi connectivity index (χ2n) is 4.28. The van der Waals surface area contributed by atoms with Gasteiger partial charge in [0.1, 0.15) is 12.4 Å². The molecule has 0 fully saturated rings. The molecule has 3 nitrogen and oxygen atoms in total. The topological polar surface area (TPSA) is 39.1 Å². The van der Waals surface area contributed by atoms with Gasteiger partial charge in [0.25, 0.3) is 0 Å². The molecule has 0 aliphatic heterocycles. The number of nitrogens with zero attached hydrogens (tertiary/aromatic N) is 1. The summed E-state index contributed by atoms with van der Waals surface area (Å²) in [4.78, 5) is 0. The molecule has 20 heavy (non-hydrogen) atoms. The van der Waals surface area contributed by atoms with E-state index in [1.165, 1.54) is 5.56 Å². The molecule has 0 unspecified atom stereocenters. The molecule has 0 saturated heterocycles. The number of nitrogen functional groups attached to an aromatic ring is 1. The van der Waals surface area contributed by atoms with Crippen molar-refractivity contribution in [1.82, 2.24) is 0 Å². The van der Waals surface area contributed by atoms with Crippen molar-refractivity contribution in [3.63, 3.8) is 0 Å². The molecule has 2 aromatic rings. The first-order valence-electron chi connectivity index (χ1n) is 5.89. The quantitative estimate of drug-likeness (QED) is 0.525. The Labute approximate surface area is 146 Å². The zero-order chi connectivity index (χ0) is 13.8. The minimum absolute atomic E-state index is 0. The Balaban J connectivity index is 0.00000200. The van der Waals surface area contributed by atoms with Crippen LogP contribution >= 0.6 is 31.9 Å². The van der Waals surface area contributed by atoms with Gasteiger partial charge in [0, 0.05) is 17.3 Å². The van der Waals surface area contributed by atoms with Gasteiger partial charge >= 0.3 is 0 Å². The first kappa shape index (κ1) is 17.5. The first-order chi connectivity index (χ1) is 9.06. The highest BCUT2D eigenvalue weighted by atomic mass is 79.9. The lowest BCUT2D eigenvalue weighted by atomic mass is 10.3. The maximum Gasteiger partial charge on any atom is 0.182 e. The van der Waals surface area contributed by atoms with E-state index < -0.39 is 0 Å². The number of aryl methyl sites for hydroxylation is 1. The van der Waals surface area contributed by atoms with Crippen molar-refractivity contribution in [1.29, 1.82) is 0 Å². The van der Waals surface area contributed by atoms with Crippen molar-refractivity contribution >= 4 is 37.5 Å². The fourth-order valence-electron chi connectivity index (χ4n) is 1.76. The molecule has 1 aromatic carbocycles. The monoisotopic (exact) mass is 464 g/mol. The Hall–Kier alpha value is -0.590. The maximum absolute atomic E-state index is 5.80. The molecule has 2 rings (SSSR count). The third kappa shape index (κ3) is 4.75. The highest BCUT2D eigenvalue weighted by Crippen LogP contribution is 2.35. The lowest BCUT2D eigenvalue weighted by Gasteiger charge is -2.09. The van der Waals surface area contributed by atoms with E-state index in [0.29, 0.717) is 12.3 Å². The van der Waals surface area contributed by atoms with Crippen LogP contribution in [0.1, 0.15) is 5.56 Å². The number of nitrogens with two attached hydrogens (primary N) is 1. The van der Waals surface area contributed by atoms with Crippen LogP contribution in [-0.2, 0) is 6.54 Å². The molecule has 0 bridgehead atoms. The highest BCUT2D eigenvalue weighted by Gasteiger charge is 2.09. The molecule has 0 aliphatic carbocycles. The van der Waals surface area contributed by atoms with Crippen molar-refractivity contribution in [2.75, 3.05) is 12.3 Å². The van der Waals surface area contributed by atoms with E-state index >= 15 is 0 Å². The molecular formula is C14H15Br3N2O. The van der Waals surface area contributed by atoms with Gasteiger partial charge < -0.3 is 27.5 Å². The second kappa shape index (κ2) is 8.00. The van der Waals surface area contributed by atoms with Gasteiger partial charge in [0.2, 0.25) is 0 Å². The third-order valence-electron chi connectivity index (χ3n) is 2.62. The lowest BCUT2D eigenvalue weighted by molar-refractivity contribution is -0.697. The Morgan fingerprint density at radius 2 is 1.90 bits per heavy atom. The van der Waals surface area contributed by atoms with Gasteiger partial charge in [-0.05, 0) is 57.0 Å². The minimum atomic E-state index is 0. The maximum atomic E-state index is 5.80. The molecule has 0 saturated carbocycles. The predicted molar refractivity (Wildman–Crippen MR) is 83.1 cm³/mol. The zero-order valence-corrected chi connectivity index (χ0v) is 15.7. The summed E-state index contributed by atoms with van der Waals surface area (Å²) < 4.78 is 9.61. The van der Waals surface area contributed by atoms with Gasteiger partial charge in [0.05, 0.1) is 8.95 Å². The number of rotatable bonds is 4. The van der Waals surface area contributed by atoms with E-state index in [4.69, 9.17) is 10.5 Å². The molecule has 0 spiro atoms. The van der Waals surface area contributed by atoms with Crippen LogP contribution in [0, 0.1) is 6.92 Å². The summed E-state index contributed by atoms with van der Waals surface area (Å²) in [5, 5.41) is 0. The van der Waals surface area contributed by atoms with Gasteiger partial charge in [-0.3, -0.25) is 0 Å². The molecule has 6 heteroatoms. The van der Waals surface area contributed by atoms with Gasteiger partial charge in [-0.1, -0.05) is 0 Å². The minimum Gasteiger partial charge on any atom is -1.00 e. The van der Waals surface area contributed by atoms with E-state index in [2.05, 4.69) is 55.6 Å². The summed E-state index contributed by atoms with van der Waals surface area (Å²) in [5.41, 5.74) is 7.67. The molecule has 108 valence electrons. The van der Waals surface area contributed by atoms with E-state index in [0.717, 1.165) is 21.2 Å². The van der Waals surface area contributed by atoms with Crippen LogP contribution in [-0.4, -0.2) is 6.61 Å². The van der Waals surface area contributed by atoms with Crippen molar-refractivity contribution in [2.24, 2.45) is 0 Å². The van der Waals surface area contributed by atoms with Crippen molar-refractivity contribution in [2.45, 2.75) is 13.5 Å². The van der Waals surface area contributed by atoms with Crippen LogP contribution in [0.25, 0.3) is 0 Å². The number of aromatic nitrogens is 1. The number of pyridine rings is 1. The fourth-order valence-corrected chi connectivity index (χ4v) is 3.21. The van der Waals surface area contributed by atoms with Crippen molar-refractivity contribution < 1.29 is 26.3 Å². The van der Waals surface area contributed by atoms with Crippen LogP contribution in [0.3, 0.4) is 0 Å². The SMILES string of the molecule is Cc1ccc[n+](CCOc2c(Br)cc(N)cc2Br)c1.[Br-]. The molecule has 1 aromatic heterocycles. The summed E-state index contributed by atoms with van der Waals surface area (Å²) in [7, 11) is 0. The zero-order valence-electron chi connectivity index (χ0n) is 10.9. The molecule has 2 N–H and O–H groups in total. The van der Waals surface area contributed by atoms with E-state index in [9.17, 15) is 0 Å². The molecule has 0 aliphatic rings. The lowest BCUT2D eigenvalue weighted by Crippen LogP contribution is -3.00. The van der Waals surface area contributed by atoms with Crippen LogP contribution in [0.15, 0.2) is 45.6 Å². The average molecular weight is 467 g/mol. The predicted octanol–water partition coefficient (Wildman–Crippen LogP) is 0.473. The van der Waals surface area contributed by atoms with Crippen LogP contribution in [0.5, 0.6) is 5.75 Å². The Morgan fingerprint density at radius 3 is 2.50 bits per heavy atom. The Kier molecular flexibility index (Phi) is 6.99. The van der Waals surface area contributed by atoms with Crippen LogP contribution in [0.2, 0.25) is 0 Å². The number of hydrogen-bond acceptors (Lipinski definition) is 2. The van der Waals surface area contributed by atoms with E-state index in [-0.39, 0.29) is 17.0 Å². The molecule has 1 heterocycles. The third-order valence-corrected chi connectivity index (χ3v) is 3.80. The van der Waals surface area contributed by atoms with Crippen LogP contribution in [0.4, 0.5) is 5.69 Å². The summed E-state index contributed by atoms with van der Waals surface area (Å²) >= 11 is 6.91. The molecule has 0 amide bonds. The number of ether oxygens (including phenoxy) is 1. The number of halogens is 3. The summed E-state index contributed by atoms with van der Waals surface area (Å²) in [6.07, 6.45) is 4.12. The highest BCUT2D eigenvalue weighted by molar-refractivity contribution is 9.11. The van der Waals surface area contributed by atoms with E-state index in [1.807, 2.05) is 24.4 Å². The van der Waals surface area contributed by atoms with Crippen molar-refractivity contribution in [3.05, 3.63) is 51.2 Å². The van der Waals surface area contributed by atoms with Gasteiger partial charge in [-0.2, -0.15) is 0 Å². The average Bonchev–Trinajstić information content (AvgIpc) is 2.32. The second-order valence-corrected chi connectivity index (χ2v) is 5.99. The number of hydrogen-bond donors (Lipinski definition) is 1. The first-order valence-corrected chi connectivity index (χ1v) is 7.48. The molecular weight excluding hydrogens is 452 g/mol. The number of anilines is 1.